The second kappa shape index (κ2) is 7.26. The highest BCUT2D eigenvalue weighted by molar-refractivity contribution is 7.92. The number of carboxylic acid groups (broad SMARTS) is 1. The van der Waals surface area contributed by atoms with Gasteiger partial charge in [0.15, 0.2) is 0 Å². The molecule has 2 rings (SSSR count). The molecule has 8 nitrogen and oxygen atoms in total. The summed E-state index contributed by atoms with van der Waals surface area (Å²) in [6.07, 6.45) is 0.372. The van der Waals surface area contributed by atoms with Crippen LogP contribution in [0, 0.1) is 11.7 Å². The number of carbonyl (C=O) groups is 1. The fourth-order valence-corrected chi connectivity index (χ4v) is 4.60. The number of rotatable bonds is 6. The van der Waals surface area contributed by atoms with Crippen LogP contribution < -0.4 is 4.72 Å². The Morgan fingerprint density at radius 1 is 1.28 bits per heavy atom. The van der Waals surface area contributed by atoms with Crippen LogP contribution in [0.1, 0.15) is 19.8 Å². The number of piperidine rings is 1. The molecule has 140 valence electrons. The number of sulfonamides is 2. The van der Waals surface area contributed by atoms with E-state index >= 15 is 0 Å². The van der Waals surface area contributed by atoms with Crippen molar-refractivity contribution in [3.05, 3.63) is 24.0 Å². The SMILES string of the molecule is CCS(=O)(=O)Nc1ccc(S(=O)(=O)N2CCC(C(=O)O)CC2)cc1F. The minimum atomic E-state index is -3.98. The van der Waals surface area contributed by atoms with Gasteiger partial charge in [-0.25, -0.2) is 21.2 Å². The summed E-state index contributed by atoms with van der Waals surface area (Å²) in [5.41, 5.74) is -0.328. The van der Waals surface area contributed by atoms with Crippen molar-refractivity contribution in [2.45, 2.75) is 24.7 Å². The highest BCUT2D eigenvalue weighted by atomic mass is 32.2. The van der Waals surface area contributed by atoms with E-state index < -0.39 is 37.8 Å². The van der Waals surface area contributed by atoms with Crippen LogP contribution >= 0.6 is 0 Å². The van der Waals surface area contributed by atoms with Crippen molar-refractivity contribution in [1.82, 2.24) is 4.31 Å². The van der Waals surface area contributed by atoms with Crippen LogP contribution in [0.15, 0.2) is 23.1 Å². The predicted molar refractivity (Wildman–Crippen MR) is 88.6 cm³/mol. The average molecular weight is 394 g/mol. The van der Waals surface area contributed by atoms with E-state index in [1.807, 2.05) is 4.72 Å². The Hall–Kier alpha value is -1.72. The van der Waals surface area contributed by atoms with Gasteiger partial charge in [0, 0.05) is 13.1 Å². The van der Waals surface area contributed by atoms with Gasteiger partial charge < -0.3 is 5.11 Å². The van der Waals surface area contributed by atoms with Gasteiger partial charge in [0.1, 0.15) is 5.82 Å². The first-order chi connectivity index (χ1) is 11.6. The smallest absolute Gasteiger partial charge is 0.306 e. The highest BCUT2D eigenvalue weighted by Crippen LogP contribution is 2.26. The Morgan fingerprint density at radius 3 is 2.36 bits per heavy atom. The van der Waals surface area contributed by atoms with Crippen molar-refractivity contribution >= 4 is 31.7 Å². The molecule has 0 aliphatic carbocycles. The Labute approximate surface area is 145 Å². The van der Waals surface area contributed by atoms with Gasteiger partial charge in [0.25, 0.3) is 0 Å². The summed E-state index contributed by atoms with van der Waals surface area (Å²) in [6.45, 7) is 1.45. The third kappa shape index (κ3) is 4.47. The molecule has 0 atom stereocenters. The van der Waals surface area contributed by atoms with Crippen LogP contribution in [0.25, 0.3) is 0 Å². The van der Waals surface area contributed by atoms with Crippen LogP contribution in [0.4, 0.5) is 10.1 Å². The minimum Gasteiger partial charge on any atom is -0.481 e. The highest BCUT2D eigenvalue weighted by Gasteiger charge is 2.32. The Kier molecular flexibility index (Phi) is 5.69. The summed E-state index contributed by atoms with van der Waals surface area (Å²) in [7, 11) is -7.66. The zero-order chi connectivity index (χ0) is 18.8. The second-order valence-corrected chi connectivity index (χ2v) is 9.61. The molecule has 1 aromatic rings. The van der Waals surface area contributed by atoms with E-state index in [9.17, 15) is 26.0 Å². The van der Waals surface area contributed by atoms with E-state index in [1.54, 1.807) is 0 Å². The molecule has 2 N–H and O–H groups in total. The van der Waals surface area contributed by atoms with Crippen molar-refractivity contribution in [2.24, 2.45) is 5.92 Å². The fraction of sp³-hybridized carbons (Fsp3) is 0.500. The van der Waals surface area contributed by atoms with E-state index in [-0.39, 0.29) is 42.3 Å². The molecule has 11 heteroatoms. The lowest BCUT2D eigenvalue weighted by Gasteiger charge is -2.29. The van der Waals surface area contributed by atoms with Crippen molar-refractivity contribution in [2.75, 3.05) is 23.6 Å². The normalized spacial score (nSPS) is 17.4. The van der Waals surface area contributed by atoms with E-state index in [0.29, 0.717) is 0 Å². The first-order valence-electron chi connectivity index (χ1n) is 7.60. The third-order valence-corrected chi connectivity index (χ3v) is 7.21. The predicted octanol–water partition coefficient (Wildman–Crippen LogP) is 1.07. The largest absolute Gasteiger partial charge is 0.481 e. The molecule has 0 amide bonds. The Balaban J connectivity index is 2.21. The van der Waals surface area contributed by atoms with Crippen LogP contribution in [0.2, 0.25) is 0 Å². The molecule has 1 aliphatic heterocycles. The van der Waals surface area contributed by atoms with Gasteiger partial charge in [-0.05, 0) is 38.0 Å². The number of nitrogens with one attached hydrogen (secondary N) is 1. The van der Waals surface area contributed by atoms with E-state index in [4.69, 9.17) is 5.11 Å². The van der Waals surface area contributed by atoms with Crippen molar-refractivity contribution in [1.29, 1.82) is 0 Å². The molecule has 0 bridgehead atoms. The van der Waals surface area contributed by atoms with Gasteiger partial charge in [-0.15, -0.1) is 0 Å². The lowest BCUT2D eigenvalue weighted by Crippen LogP contribution is -2.40. The zero-order valence-corrected chi connectivity index (χ0v) is 15.1. The molecular weight excluding hydrogens is 375 g/mol. The number of nitrogens with zero attached hydrogens (tertiary/aromatic N) is 1. The van der Waals surface area contributed by atoms with E-state index in [0.717, 1.165) is 22.5 Å². The van der Waals surface area contributed by atoms with Gasteiger partial charge in [-0.3, -0.25) is 9.52 Å². The third-order valence-electron chi connectivity index (χ3n) is 4.03. The molecule has 1 heterocycles. The van der Waals surface area contributed by atoms with Gasteiger partial charge in [0.05, 0.1) is 22.3 Å². The topological polar surface area (TPSA) is 121 Å². The molecule has 0 radical (unpaired) electrons. The molecule has 1 fully saturated rings. The van der Waals surface area contributed by atoms with Gasteiger partial charge in [0.2, 0.25) is 20.0 Å². The Bertz CT molecular complexity index is 861. The lowest BCUT2D eigenvalue weighted by atomic mass is 9.99. The number of hydrogen-bond acceptors (Lipinski definition) is 5. The zero-order valence-electron chi connectivity index (χ0n) is 13.5. The van der Waals surface area contributed by atoms with Crippen LogP contribution in [-0.2, 0) is 24.8 Å². The number of aliphatic carboxylic acids is 1. The minimum absolute atomic E-state index is 0.0329. The molecule has 0 spiro atoms. The molecule has 1 aliphatic rings. The molecule has 0 unspecified atom stereocenters. The monoisotopic (exact) mass is 394 g/mol. The summed E-state index contributed by atoms with van der Waals surface area (Å²) in [4.78, 5) is 10.6. The standard InChI is InChI=1S/C14H19FN2O6S2/c1-2-24(20,21)16-13-4-3-11(9-12(13)15)25(22,23)17-7-5-10(6-8-17)14(18)19/h3-4,9-10,16H,2,5-8H2,1H3,(H,18,19). The average Bonchev–Trinajstić information content (AvgIpc) is 2.56. The van der Waals surface area contributed by atoms with Gasteiger partial charge in [-0.2, -0.15) is 4.31 Å². The summed E-state index contributed by atoms with van der Waals surface area (Å²) < 4.78 is 65.3. The summed E-state index contributed by atoms with van der Waals surface area (Å²) in [5.74, 6) is -2.80. The maximum atomic E-state index is 14.1. The second-order valence-electron chi connectivity index (χ2n) is 5.66. The maximum absolute atomic E-state index is 14.1. The lowest BCUT2D eigenvalue weighted by molar-refractivity contribution is -0.142. The van der Waals surface area contributed by atoms with Crippen LogP contribution in [-0.4, -0.2) is 51.1 Å². The van der Waals surface area contributed by atoms with Crippen LogP contribution in [0.3, 0.4) is 0 Å². The number of anilines is 1. The number of hydrogen-bond donors (Lipinski definition) is 2. The van der Waals surface area contributed by atoms with E-state index in [2.05, 4.69) is 0 Å². The quantitative estimate of drug-likeness (QED) is 0.745. The van der Waals surface area contributed by atoms with Crippen LogP contribution in [0.5, 0.6) is 0 Å². The molecule has 1 saturated heterocycles. The first-order valence-corrected chi connectivity index (χ1v) is 10.7. The van der Waals surface area contributed by atoms with Crippen molar-refractivity contribution in [3.8, 4) is 0 Å². The van der Waals surface area contributed by atoms with Gasteiger partial charge >= 0.3 is 5.97 Å². The summed E-state index contributed by atoms with van der Waals surface area (Å²) in [6, 6.07) is 2.93. The number of halogens is 1. The fourth-order valence-electron chi connectivity index (χ4n) is 2.47. The molecular formula is C14H19FN2O6S2. The number of carboxylic acids is 1. The van der Waals surface area contributed by atoms with Crippen molar-refractivity contribution in [3.63, 3.8) is 0 Å². The van der Waals surface area contributed by atoms with E-state index in [1.165, 1.54) is 6.92 Å². The number of benzene rings is 1. The maximum Gasteiger partial charge on any atom is 0.306 e. The molecule has 25 heavy (non-hydrogen) atoms. The molecule has 0 saturated carbocycles. The first kappa shape index (κ1) is 19.6. The van der Waals surface area contributed by atoms with Crippen molar-refractivity contribution < 1.29 is 31.1 Å². The summed E-state index contributed by atoms with van der Waals surface area (Å²) >= 11 is 0. The molecule has 1 aromatic carbocycles. The van der Waals surface area contributed by atoms with Gasteiger partial charge in [-0.1, -0.05) is 0 Å². The summed E-state index contributed by atoms with van der Waals surface area (Å²) in [5, 5.41) is 8.95. The molecule has 0 aromatic heterocycles. The Morgan fingerprint density at radius 2 is 1.88 bits per heavy atom.